The molecule has 0 spiro atoms. The number of phosphoric acid groups is 1. The van der Waals surface area contributed by atoms with Crippen LogP contribution in [0.25, 0.3) is 0 Å². The first kappa shape index (κ1) is 24.1. The maximum atomic E-state index is 12.8. The third-order valence-corrected chi connectivity index (χ3v) is 7.43. The summed E-state index contributed by atoms with van der Waals surface area (Å²) in [6.07, 6.45) is 0.311. The van der Waals surface area contributed by atoms with Gasteiger partial charge in [-0.05, 0) is 42.8 Å². The van der Waals surface area contributed by atoms with Gasteiger partial charge in [-0.1, -0.05) is 42.5 Å². The van der Waals surface area contributed by atoms with Crippen LogP contribution >= 0.6 is 19.6 Å². The number of hydrogen-bond donors (Lipinski definition) is 1. The van der Waals surface area contributed by atoms with Crippen LogP contribution in [0.3, 0.4) is 0 Å². The number of amides is 1. The molecule has 1 unspecified atom stereocenters. The fourth-order valence-corrected chi connectivity index (χ4v) is 5.46. The summed E-state index contributed by atoms with van der Waals surface area (Å²) in [7, 11) is -3.75. The molecule has 1 aliphatic heterocycles. The summed E-state index contributed by atoms with van der Waals surface area (Å²) in [4.78, 5) is 24.4. The highest BCUT2D eigenvalue weighted by atomic mass is 32.2. The lowest BCUT2D eigenvalue weighted by atomic mass is 10.2. The number of para-hydroxylation sites is 1. The molecule has 0 bridgehead atoms. The van der Waals surface area contributed by atoms with E-state index in [1.165, 1.54) is 18.7 Å². The largest absolute Gasteiger partial charge is 0.587 e. The predicted octanol–water partition coefficient (Wildman–Crippen LogP) is 5.78. The Morgan fingerprint density at radius 2 is 1.76 bits per heavy atom. The summed E-state index contributed by atoms with van der Waals surface area (Å²) in [5.74, 6) is 1.32. The van der Waals surface area contributed by atoms with Gasteiger partial charge in [0.2, 0.25) is 0 Å². The van der Waals surface area contributed by atoms with Gasteiger partial charge in [-0.15, -0.1) is 11.8 Å². The van der Waals surface area contributed by atoms with Crippen LogP contribution in [0.2, 0.25) is 0 Å². The van der Waals surface area contributed by atoms with Crippen LogP contribution in [-0.4, -0.2) is 18.2 Å². The first-order valence-corrected chi connectivity index (χ1v) is 13.2. The molecule has 0 saturated heterocycles. The Labute approximate surface area is 202 Å². The maximum absolute atomic E-state index is 12.8. The van der Waals surface area contributed by atoms with E-state index in [9.17, 15) is 14.2 Å². The van der Waals surface area contributed by atoms with E-state index in [-0.39, 0.29) is 18.3 Å². The molecule has 34 heavy (non-hydrogen) atoms. The quantitative estimate of drug-likeness (QED) is 0.296. The molecular formula is C25H24NO6PS. The Hall–Kier alpha value is -3.06. The normalized spacial score (nSPS) is 16.7. The third kappa shape index (κ3) is 6.29. The van der Waals surface area contributed by atoms with Crippen molar-refractivity contribution >= 4 is 31.3 Å². The number of carbonyl (C=O) groups is 2. The van der Waals surface area contributed by atoms with Crippen molar-refractivity contribution in [3.8, 4) is 11.5 Å². The van der Waals surface area contributed by atoms with E-state index in [0.29, 0.717) is 35.8 Å². The fraction of sp³-hybridized carbons (Fsp3) is 0.200. The second-order valence-electron chi connectivity index (χ2n) is 7.65. The minimum absolute atomic E-state index is 0.0341. The van der Waals surface area contributed by atoms with Crippen molar-refractivity contribution in [2.75, 3.05) is 6.54 Å². The van der Waals surface area contributed by atoms with Crippen molar-refractivity contribution in [1.29, 1.82) is 0 Å². The van der Waals surface area contributed by atoms with Gasteiger partial charge in [-0.2, -0.15) is 0 Å². The number of benzene rings is 3. The van der Waals surface area contributed by atoms with Crippen molar-refractivity contribution in [2.24, 2.45) is 0 Å². The van der Waals surface area contributed by atoms with Gasteiger partial charge in [0.15, 0.2) is 0 Å². The van der Waals surface area contributed by atoms with Crippen LogP contribution in [0, 0.1) is 0 Å². The summed E-state index contributed by atoms with van der Waals surface area (Å²) in [6.45, 7) is 1.97. The molecule has 176 valence electrons. The molecule has 4 rings (SSSR count). The Kier molecular flexibility index (Phi) is 7.73. The van der Waals surface area contributed by atoms with E-state index in [0.717, 1.165) is 16.0 Å². The molecule has 9 heteroatoms. The first-order chi connectivity index (χ1) is 16.4. The van der Waals surface area contributed by atoms with E-state index >= 15 is 0 Å². The van der Waals surface area contributed by atoms with Crippen molar-refractivity contribution in [1.82, 2.24) is 5.32 Å². The Morgan fingerprint density at radius 1 is 1.03 bits per heavy atom. The summed E-state index contributed by atoms with van der Waals surface area (Å²) < 4.78 is 29.2. The highest BCUT2D eigenvalue weighted by Gasteiger charge is 2.35. The minimum atomic E-state index is -3.75. The summed E-state index contributed by atoms with van der Waals surface area (Å²) >= 11 is 1.53. The number of hydrogen-bond acceptors (Lipinski definition) is 7. The van der Waals surface area contributed by atoms with Crippen LogP contribution in [0.1, 0.15) is 34.8 Å². The zero-order valence-corrected chi connectivity index (χ0v) is 20.3. The van der Waals surface area contributed by atoms with Crippen molar-refractivity contribution < 1.29 is 27.7 Å². The average molecular weight is 498 g/mol. The lowest BCUT2D eigenvalue weighted by molar-refractivity contribution is -0.116. The molecule has 7 nitrogen and oxygen atoms in total. The van der Waals surface area contributed by atoms with Crippen LogP contribution < -0.4 is 14.4 Å². The number of rotatable bonds is 9. The van der Waals surface area contributed by atoms with E-state index in [1.54, 1.807) is 30.3 Å². The fourth-order valence-electron chi connectivity index (χ4n) is 3.22. The topological polar surface area (TPSA) is 90.9 Å². The molecule has 1 aliphatic rings. The molecule has 0 saturated carbocycles. The first-order valence-electron chi connectivity index (χ1n) is 10.7. The second-order valence-corrected chi connectivity index (χ2v) is 10.2. The van der Waals surface area contributed by atoms with Crippen molar-refractivity contribution in [2.45, 2.75) is 30.6 Å². The van der Waals surface area contributed by atoms with Gasteiger partial charge in [-0.3, -0.25) is 14.1 Å². The average Bonchev–Trinajstić information content (AvgIpc) is 2.83. The number of Topliss-reactive ketones (excluding diaryl/α,β-unsaturated/α-hetero) is 1. The minimum Gasteiger partial charge on any atom is -0.395 e. The van der Waals surface area contributed by atoms with Gasteiger partial charge < -0.3 is 14.4 Å². The Balaban J connectivity index is 1.35. The number of thioether (sulfide) groups is 1. The summed E-state index contributed by atoms with van der Waals surface area (Å²) in [5, 5.41) is 2.79. The zero-order chi connectivity index (χ0) is 24.0. The molecule has 0 radical (unpaired) electrons. The van der Waals surface area contributed by atoms with Gasteiger partial charge in [0.1, 0.15) is 17.3 Å². The second kappa shape index (κ2) is 10.9. The third-order valence-electron chi connectivity index (χ3n) is 4.99. The van der Waals surface area contributed by atoms with E-state index in [2.05, 4.69) is 5.32 Å². The predicted molar refractivity (Wildman–Crippen MR) is 130 cm³/mol. The highest BCUT2D eigenvalue weighted by molar-refractivity contribution is 7.98. The van der Waals surface area contributed by atoms with Crippen molar-refractivity contribution in [3.63, 3.8) is 0 Å². The van der Waals surface area contributed by atoms with Gasteiger partial charge in [0, 0.05) is 29.2 Å². The zero-order valence-electron chi connectivity index (χ0n) is 18.6. The maximum Gasteiger partial charge on any atom is 0.587 e. The molecule has 3 aromatic rings. The number of ketones is 1. The monoisotopic (exact) mass is 497 g/mol. The standard InChI is InChI=1S/C25H24NO6PS/c1-18(27)14-15-26-25(28)22-7-3-5-9-24(22)34-17-19-10-12-21(13-11-19)31-33(29)30-16-20-6-2-4-8-23(20)32-33/h2-13H,14-17H2,1H3,(H,26,28). The van der Waals surface area contributed by atoms with Crippen molar-refractivity contribution in [3.05, 3.63) is 89.5 Å². The Morgan fingerprint density at radius 3 is 2.56 bits per heavy atom. The molecule has 0 aliphatic carbocycles. The molecule has 0 fully saturated rings. The number of phosphoric ester groups is 1. The van der Waals surface area contributed by atoms with Gasteiger partial charge in [0.05, 0.1) is 12.2 Å². The van der Waals surface area contributed by atoms with Crippen LogP contribution in [0.4, 0.5) is 0 Å². The van der Waals surface area contributed by atoms with Gasteiger partial charge in [0.25, 0.3) is 5.91 Å². The highest BCUT2D eigenvalue weighted by Crippen LogP contribution is 2.54. The molecule has 1 N–H and O–H groups in total. The lowest BCUT2D eigenvalue weighted by Gasteiger charge is -2.24. The smallest absolute Gasteiger partial charge is 0.395 e. The van der Waals surface area contributed by atoms with Crippen LogP contribution in [0.5, 0.6) is 11.5 Å². The SMILES string of the molecule is CC(=O)CCNC(=O)c1ccccc1SCc1ccc(OP2(=O)OCc3ccccc3O2)cc1. The molecule has 1 heterocycles. The lowest BCUT2D eigenvalue weighted by Crippen LogP contribution is -2.26. The summed E-state index contributed by atoms with van der Waals surface area (Å²) in [6, 6.07) is 21.7. The van der Waals surface area contributed by atoms with Gasteiger partial charge >= 0.3 is 7.82 Å². The molecule has 0 aromatic heterocycles. The van der Waals surface area contributed by atoms with Gasteiger partial charge in [-0.25, -0.2) is 4.57 Å². The van der Waals surface area contributed by atoms with E-state index < -0.39 is 7.82 Å². The van der Waals surface area contributed by atoms with Crippen LogP contribution in [-0.2, 0) is 26.2 Å². The van der Waals surface area contributed by atoms with E-state index in [4.69, 9.17) is 13.6 Å². The molecular weight excluding hydrogens is 473 g/mol. The number of nitrogens with one attached hydrogen (secondary N) is 1. The molecule has 1 atom stereocenters. The summed E-state index contributed by atoms with van der Waals surface area (Å²) in [5.41, 5.74) is 2.39. The van der Waals surface area contributed by atoms with E-state index in [1.807, 2.05) is 42.5 Å². The number of carbonyl (C=O) groups excluding carboxylic acids is 2. The van der Waals surface area contributed by atoms with Crippen LogP contribution in [0.15, 0.2) is 77.7 Å². The number of fused-ring (bicyclic) bond motifs is 1. The Bertz CT molecular complexity index is 1230. The molecule has 1 amide bonds. The molecule has 3 aromatic carbocycles.